The van der Waals surface area contributed by atoms with Gasteiger partial charge in [0.05, 0.1) is 13.0 Å². The molecular weight excluding hydrogens is 152 g/mol. The molecule has 0 heterocycles. The molecule has 0 radical (unpaired) electrons. The van der Waals surface area contributed by atoms with Gasteiger partial charge in [0.15, 0.2) is 0 Å². The number of esters is 1. The van der Waals surface area contributed by atoms with Crippen LogP contribution in [0.1, 0.15) is 27.7 Å². The van der Waals surface area contributed by atoms with Gasteiger partial charge in [-0.15, -0.1) is 5.92 Å². The van der Waals surface area contributed by atoms with E-state index in [2.05, 4.69) is 16.6 Å². The van der Waals surface area contributed by atoms with Crippen LogP contribution >= 0.6 is 0 Å². The number of rotatable bonds is 2. The lowest BCUT2D eigenvalue weighted by molar-refractivity contribution is -0.147. The van der Waals surface area contributed by atoms with Crippen molar-refractivity contribution in [3.8, 4) is 11.8 Å². The average molecular weight is 168 g/mol. The lowest BCUT2D eigenvalue weighted by Gasteiger charge is -2.23. The summed E-state index contributed by atoms with van der Waals surface area (Å²) in [5.74, 6) is 5.41. The third kappa shape index (κ3) is 2.58. The Hall–Kier alpha value is -0.970. The van der Waals surface area contributed by atoms with Crippen molar-refractivity contribution >= 4 is 5.97 Å². The van der Waals surface area contributed by atoms with Crippen LogP contribution in [0.4, 0.5) is 0 Å². The Balaban J connectivity index is 4.52. The molecule has 1 atom stereocenters. The summed E-state index contributed by atoms with van der Waals surface area (Å²) in [4.78, 5) is 11.1. The molecule has 2 heteroatoms. The van der Waals surface area contributed by atoms with E-state index in [9.17, 15) is 4.79 Å². The molecule has 0 bridgehead atoms. The van der Waals surface area contributed by atoms with E-state index in [4.69, 9.17) is 0 Å². The van der Waals surface area contributed by atoms with Crippen molar-refractivity contribution in [3.63, 3.8) is 0 Å². The molecule has 68 valence electrons. The fourth-order valence-corrected chi connectivity index (χ4v) is 0.902. The SMILES string of the molecule is CC#CC(C)(C)C(C)C(=O)OC. The van der Waals surface area contributed by atoms with Crippen molar-refractivity contribution in [2.75, 3.05) is 7.11 Å². The third-order valence-corrected chi connectivity index (χ3v) is 2.08. The van der Waals surface area contributed by atoms with Crippen LogP contribution in [0.5, 0.6) is 0 Å². The zero-order valence-corrected chi connectivity index (χ0v) is 8.39. The molecule has 0 aromatic carbocycles. The normalized spacial score (nSPS) is 12.8. The molecule has 0 aliphatic rings. The number of hydrogen-bond donors (Lipinski definition) is 0. The summed E-state index contributed by atoms with van der Waals surface area (Å²) in [5.41, 5.74) is -0.304. The summed E-state index contributed by atoms with van der Waals surface area (Å²) in [7, 11) is 1.40. The molecule has 0 aliphatic heterocycles. The second kappa shape index (κ2) is 4.15. The second-order valence-corrected chi connectivity index (χ2v) is 3.34. The van der Waals surface area contributed by atoms with Gasteiger partial charge in [-0.3, -0.25) is 4.79 Å². The molecule has 0 fully saturated rings. The fraction of sp³-hybridized carbons (Fsp3) is 0.700. The quantitative estimate of drug-likeness (QED) is 0.464. The minimum absolute atomic E-state index is 0.185. The predicted octanol–water partition coefficient (Wildman–Crippen LogP) is 1.85. The van der Waals surface area contributed by atoms with E-state index in [1.807, 2.05) is 20.8 Å². The van der Waals surface area contributed by atoms with E-state index in [0.29, 0.717) is 0 Å². The smallest absolute Gasteiger partial charge is 0.309 e. The van der Waals surface area contributed by atoms with Crippen molar-refractivity contribution in [1.29, 1.82) is 0 Å². The molecule has 0 amide bonds. The van der Waals surface area contributed by atoms with Gasteiger partial charge in [-0.25, -0.2) is 0 Å². The van der Waals surface area contributed by atoms with Crippen LogP contribution in [0, 0.1) is 23.2 Å². The molecule has 2 nitrogen and oxygen atoms in total. The molecular formula is C10H16O2. The monoisotopic (exact) mass is 168 g/mol. The van der Waals surface area contributed by atoms with Crippen LogP contribution in [-0.2, 0) is 9.53 Å². The highest BCUT2D eigenvalue weighted by molar-refractivity contribution is 5.73. The van der Waals surface area contributed by atoms with Gasteiger partial charge < -0.3 is 4.74 Å². The highest BCUT2D eigenvalue weighted by atomic mass is 16.5. The van der Waals surface area contributed by atoms with Crippen LogP contribution in [0.15, 0.2) is 0 Å². The summed E-state index contributed by atoms with van der Waals surface area (Å²) < 4.78 is 4.64. The Morgan fingerprint density at radius 3 is 2.33 bits per heavy atom. The summed E-state index contributed by atoms with van der Waals surface area (Å²) in [6.45, 7) is 7.47. The highest BCUT2D eigenvalue weighted by Crippen LogP contribution is 2.26. The molecule has 1 unspecified atom stereocenters. The van der Waals surface area contributed by atoms with E-state index in [-0.39, 0.29) is 17.3 Å². The Morgan fingerprint density at radius 1 is 1.50 bits per heavy atom. The maximum absolute atomic E-state index is 11.1. The molecule has 0 aromatic heterocycles. The van der Waals surface area contributed by atoms with E-state index in [1.54, 1.807) is 6.92 Å². The Kier molecular flexibility index (Phi) is 3.82. The topological polar surface area (TPSA) is 26.3 Å². The fourth-order valence-electron chi connectivity index (χ4n) is 0.902. The maximum atomic E-state index is 11.1. The highest BCUT2D eigenvalue weighted by Gasteiger charge is 2.30. The molecule has 0 saturated heterocycles. The van der Waals surface area contributed by atoms with Gasteiger partial charge in [0, 0.05) is 5.41 Å². The van der Waals surface area contributed by atoms with Gasteiger partial charge in [0.2, 0.25) is 0 Å². The Morgan fingerprint density at radius 2 is 2.00 bits per heavy atom. The standard InChI is InChI=1S/C10H16O2/c1-6-7-10(3,4)8(2)9(11)12-5/h8H,1-5H3. The number of carbonyl (C=O) groups is 1. The lowest BCUT2D eigenvalue weighted by Crippen LogP contribution is -2.28. The van der Waals surface area contributed by atoms with Crippen LogP contribution in [0.2, 0.25) is 0 Å². The molecule has 0 N–H and O–H groups in total. The predicted molar refractivity (Wildman–Crippen MR) is 48.4 cm³/mol. The maximum Gasteiger partial charge on any atom is 0.309 e. The van der Waals surface area contributed by atoms with Crippen molar-refractivity contribution in [1.82, 2.24) is 0 Å². The summed E-state index contributed by atoms with van der Waals surface area (Å²) in [6, 6.07) is 0. The minimum Gasteiger partial charge on any atom is -0.469 e. The number of methoxy groups -OCH3 is 1. The Labute approximate surface area is 74.3 Å². The van der Waals surface area contributed by atoms with Crippen molar-refractivity contribution in [2.24, 2.45) is 11.3 Å². The summed E-state index contributed by atoms with van der Waals surface area (Å²) in [5, 5.41) is 0. The van der Waals surface area contributed by atoms with Gasteiger partial charge in [-0.05, 0) is 20.8 Å². The number of hydrogen-bond acceptors (Lipinski definition) is 2. The molecule has 0 aromatic rings. The first-order valence-corrected chi connectivity index (χ1v) is 3.97. The van der Waals surface area contributed by atoms with E-state index in [1.165, 1.54) is 7.11 Å². The van der Waals surface area contributed by atoms with Gasteiger partial charge in [0.1, 0.15) is 0 Å². The van der Waals surface area contributed by atoms with Crippen LogP contribution < -0.4 is 0 Å². The number of carbonyl (C=O) groups excluding carboxylic acids is 1. The summed E-state index contributed by atoms with van der Waals surface area (Å²) in [6.07, 6.45) is 0. The first-order valence-electron chi connectivity index (χ1n) is 3.97. The zero-order valence-electron chi connectivity index (χ0n) is 8.39. The third-order valence-electron chi connectivity index (χ3n) is 2.08. The molecule has 0 spiro atoms. The minimum atomic E-state index is -0.304. The average Bonchev–Trinajstić information content (AvgIpc) is 2.01. The van der Waals surface area contributed by atoms with E-state index < -0.39 is 0 Å². The van der Waals surface area contributed by atoms with Crippen LogP contribution in [-0.4, -0.2) is 13.1 Å². The van der Waals surface area contributed by atoms with Crippen molar-refractivity contribution in [2.45, 2.75) is 27.7 Å². The van der Waals surface area contributed by atoms with Crippen molar-refractivity contribution in [3.05, 3.63) is 0 Å². The number of ether oxygens (including phenoxy) is 1. The first-order chi connectivity index (χ1) is 5.45. The van der Waals surface area contributed by atoms with Gasteiger partial charge in [0.25, 0.3) is 0 Å². The molecule has 0 rings (SSSR count). The van der Waals surface area contributed by atoms with Crippen LogP contribution in [0.3, 0.4) is 0 Å². The van der Waals surface area contributed by atoms with E-state index >= 15 is 0 Å². The van der Waals surface area contributed by atoms with Crippen molar-refractivity contribution < 1.29 is 9.53 Å². The van der Waals surface area contributed by atoms with Gasteiger partial charge >= 0.3 is 5.97 Å². The summed E-state index contributed by atoms with van der Waals surface area (Å²) >= 11 is 0. The molecule has 12 heavy (non-hydrogen) atoms. The van der Waals surface area contributed by atoms with Gasteiger partial charge in [-0.2, -0.15) is 0 Å². The largest absolute Gasteiger partial charge is 0.469 e. The first kappa shape index (κ1) is 11.0. The van der Waals surface area contributed by atoms with Crippen LogP contribution in [0.25, 0.3) is 0 Å². The van der Waals surface area contributed by atoms with Gasteiger partial charge in [-0.1, -0.05) is 12.8 Å². The molecule has 0 aliphatic carbocycles. The second-order valence-electron chi connectivity index (χ2n) is 3.34. The van der Waals surface area contributed by atoms with E-state index in [0.717, 1.165) is 0 Å². The zero-order chi connectivity index (χ0) is 9.78. The lowest BCUT2D eigenvalue weighted by atomic mass is 9.81. The Bertz CT molecular complexity index is 218. The molecule has 0 saturated carbocycles.